The summed E-state index contributed by atoms with van der Waals surface area (Å²) >= 11 is 0. The van der Waals surface area contributed by atoms with E-state index in [2.05, 4.69) is 76.7 Å². The van der Waals surface area contributed by atoms with Gasteiger partial charge < -0.3 is 36.1 Å². The van der Waals surface area contributed by atoms with Gasteiger partial charge in [-0.15, -0.1) is 6.58 Å². The first-order valence-electron chi connectivity index (χ1n) is 15.6. The van der Waals surface area contributed by atoms with Gasteiger partial charge in [0, 0.05) is 13.2 Å². The Labute approximate surface area is 271 Å². The number of hydrogen-bond acceptors (Lipinski definition) is 8. The summed E-state index contributed by atoms with van der Waals surface area (Å²) in [7, 11) is -13.5. The maximum atomic E-state index is 9.09. The molecular formula is C31H56O8Si5. The van der Waals surface area contributed by atoms with Crippen molar-refractivity contribution in [2.45, 2.75) is 70.8 Å². The normalized spacial score (nSPS) is 14.4. The molecule has 0 radical (unpaired) electrons. The van der Waals surface area contributed by atoms with Crippen LogP contribution in [-0.4, -0.2) is 92.2 Å². The van der Waals surface area contributed by atoms with Gasteiger partial charge in [-0.3, -0.25) is 0 Å². The van der Waals surface area contributed by atoms with Gasteiger partial charge in [0.05, 0.1) is 26.4 Å². The van der Waals surface area contributed by atoms with Gasteiger partial charge in [-0.2, -0.15) is 0 Å². The van der Waals surface area contributed by atoms with Crippen LogP contribution in [-0.2, 0) is 25.9 Å². The second-order valence-corrected chi connectivity index (χ2v) is 31.7. The van der Waals surface area contributed by atoms with Crippen LogP contribution in [0.4, 0.5) is 0 Å². The molecule has 0 saturated carbocycles. The molecule has 248 valence electrons. The van der Waals surface area contributed by atoms with E-state index in [0.29, 0.717) is 26.4 Å². The lowest BCUT2D eigenvalue weighted by molar-refractivity contribution is 0.0923. The summed E-state index contributed by atoms with van der Waals surface area (Å²) in [5.74, 6) is 0. The van der Waals surface area contributed by atoms with Crippen LogP contribution in [0.2, 0.25) is 57.9 Å². The molecule has 2 rings (SSSR count). The van der Waals surface area contributed by atoms with Crippen molar-refractivity contribution >= 4 is 52.7 Å². The van der Waals surface area contributed by atoms with E-state index < -0.39 is 42.3 Å². The first-order valence-corrected chi connectivity index (χ1v) is 28.9. The Balaban J connectivity index is 2.43. The minimum Gasteiger partial charge on any atom is -0.436 e. The van der Waals surface area contributed by atoms with Gasteiger partial charge in [-0.05, 0) is 81.1 Å². The Morgan fingerprint density at radius 2 is 1.02 bits per heavy atom. The van der Waals surface area contributed by atoms with E-state index in [1.165, 1.54) is 0 Å². The second kappa shape index (κ2) is 18.3. The molecule has 13 heteroatoms. The third kappa shape index (κ3) is 13.4. The van der Waals surface area contributed by atoms with Crippen LogP contribution in [0.3, 0.4) is 0 Å². The largest absolute Gasteiger partial charge is 0.436 e. The summed E-state index contributed by atoms with van der Waals surface area (Å²) in [5.41, 5.74) is 1.87. The molecule has 1 atom stereocenters. The summed E-state index contributed by atoms with van der Waals surface area (Å²) in [6, 6.07) is 22.4. The molecule has 1 unspecified atom stereocenters. The molecule has 2 aromatic rings. The molecule has 0 fully saturated rings. The van der Waals surface area contributed by atoms with Crippen molar-refractivity contribution in [1.29, 1.82) is 0 Å². The van der Waals surface area contributed by atoms with Gasteiger partial charge in [0.2, 0.25) is 0 Å². The predicted octanol–water partition coefficient (Wildman–Crippen LogP) is 5.02. The summed E-state index contributed by atoms with van der Waals surface area (Å²) in [6.07, 6.45) is 1.73. The highest BCUT2D eigenvalue weighted by molar-refractivity contribution is 7.03. The molecule has 0 bridgehead atoms. The molecule has 0 aliphatic heterocycles. The van der Waals surface area contributed by atoms with Crippen LogP contribution >= 0.6 is 0 Å². The SMILES string of the molecule is C=C[Si](C)(O[Si](C)(C)O[Si](C)(C)CCCOCCO)O[Si](O[Si](C)(C)CCCOCCO)(c1ccccc1)c1ccccc1. The van der Waals surface area contributed by atoms with E-state index in [9.17, 15) is 0 Å². The van der Waals surface area contributed by atoms with Crippen molar-refractivity contribution in [2.75, 3.05) is 39.6 Å². The summed E-state index contributed by atoms with van der Waals surface area (Å²) in [5, 5.41) is 20.1. The molecule has 0 saturated heterocycles. The summed E-state index contributed by atoms with van der Waals surface area (Å²) in [6.45, 7) is 21.4. The van der Waals surface area contributed by atoms with E-state index >= 15 is 0 Å². The highest BCUT2D eigenvalue weighted by Gasteiger charge is 2.53. The maximum Gasteiger partial charge on any atom is 0.388 e. The third-order valence-electron chi connectivity index (χ3n) is 7.02. The van der Waals surface area contributed by atoms with E-state index in [-0.39, 0.29) is 13.2 Å². The first kappa shape index (κ1) is 39.1. The quantitative estimate of drug-likeness (QED) is 0.124. The Morgan fingerprint density at radius 3 is 1.43 bits per heavy atom. The van der Waals surface area contributed by atoms with Crippen molar-refractivity contribution < 1.29 is 36.1 Å². The second-order valence-electron chi connectivity index (χ2n) is 12.8. The number of benzene rings is 2. The van der Waals surface area contributed by atoms with Crippen LogP contribution in [0.15, 0.2) is 72.9 Å². The number of hydrogen-bond donors (Lipinski definition) is 2. The van der Waals surface area contributed by atoms with Crippen molar-refractivity contribution in [2.24, 2.45) is 0 Å². The summed E-state index contributed by atoms with van der Waals surface area (Å²) < 4.78 is 39.7. The van der Waals surface area contributed by atoms with Crippen LogP contribution in [0.5, 0.6) is 0 Å². The molecule has 0 aliphatic rings. The lowest BCUT2D eigenvalue weighted by atomic mass is 10.4. The van der Waals surface area contributed by atoms with Gasteiger partial charge in [0.1, 0.15) is 0 Å². The van der Waals surface area contributed by atoms with Gasteiger partial charge in [-0.25, -0.2) is 0 Å². The van der Waals surface area contributed by atoms with Crippen LogP contribution in [0.1, 0.15) is 12.8 Å². The van der Waals surface area contributed by atoms with Crippen LogP contribution < -0.4 is 10.4 Å². The molecule has 8 nitrogen and oxygen atoms in total. The van der Waals surface area contributed by atoms with Crippen LogP contribution in [0, 0.1) is 0 Å². The fourth-order valence-electron chi connectivity index (χ4n) is 5.33. The smallest absolute Gasteiger partial charge is 0.388 e. The molecule has 0 spiro atoms. The molecule has 0 aliphatic carbocycles. The van der Waals surface area contributed by atoms with Crippen molar-refractivity contribution in [1.82, 2.24) is 0 Å². The van der Waals surface area contributed by atoms with E-state index in [1.54, 1.807) is 0 Å². The zero-order valence-electron chi connectivity index (χ0n) is 28.0. The van der Waals surface area contributed by atoms with E-state index in [1.807, 2.05) is 42.1 Å². The minimum atomic E-state index is -3.32. The topological polar surface area (TPSA) is 95.8 Å². The molecule has 0 amide bonds. The first-order chi connectivity index (χ1) is 20.7. The average Bonchev–Trinajstić information content (AvgIpc) is 2.96. The van der Waals surface area contributed by atoms with Crippen molar-refractivity contribution in [3.63, 3.8) is 0 Å². The van der Waals surface area contributed by atoms with Gasteiger partial charge >= 0.3 is 25.7 Å². The minimum absolute atomic E-state index is 0.0239. The fourth-order valence-corrected chi connectivity index (χ4v) is 28.5. The Bertz CT molecular complexity index is 1050. The maximum absolute atomic E-state index is 9.09. The standard InChI is InChI=1S/C31H56O8Si5/c1-9-43(8,38-42(6,7)36-40(2,3)28-16-24-34-26-22-32)39-44(30-18-12-10-13-19-30,31-20-14-11-15-21-31)37-41(4,5)29-17-25-35-27-23-33/h9-15,18-21,32-33H,1,16-17,22-29H2,2-8H3. The molecule has 44 heavy (non-hydrogen) atoms. The number of ether oxygens (including phenoxy) is 2. The lowest BCUT2D eigenvalue weighted by Crippen LogP contribution is -2.71. The average molecular weight is 697 g/mol. The molecule has 0 aromatic heterocycles. The molecule has 0 heterocycles. The molecular weight excluding hydrogens is 641 g/mol. The van der Waals surface area contributed by atoms with E-state index in [0.717, 1.165) is 35.3 Å². The molecule has 2 N–H and O–H groups in total. The Hall–Kier alpha value is -1.06. The lowest BCUT2D eigenvalue weighted by Gasteiger charge is -2.45. The number of aliphatic hydroxyl groups is 2. The monoisotopic (exact) mass is 696 g/mol. The van der Waals surface area contributed by atoms with Gasteiger partial charge in [-0.1, -0.05) is 66.4 Å². The van der Waals surface area contributed by atoms with Gasteiger partial charge in [0.15, 0.2) is 16.6 Å². The predicted molar refractivity (Wildman–Crippen MR) is 191 cm³/mol. The van der Waals surface area contributed by atoms with Crippen molar-refractivity contribution in [3.05, 3.63) is 72.9 Å². The van der Waals surface area contributed by atoms with Crippen molar-refractivity contribution in [3.8, 4) is 0 Å². The zero-order chi connectivity index (χ0) is 32.7. The fraction of sp³-hybridized carbons (Fsp3) is 0.548. The van der Waals surface area contributed by atoms with Crippen LogP contribution in [0.25, 0.3) is 0 Å². The number of rotatable bonds is 23. The highest BCUT2D eigenvalue weighted by atomic mass is 28.5. The van der Waals surface area contributed by atoms with E-state index in [4.69, 9.17) is 36.1 Å². The Morgan fingerprint density at radius 1 is 0.591 bits per heavy atom. The highest BCUT2D eigenvalue weighted by Crippen LogP contribution is 2.29. The zero-order valence-corrected chi connectivity index (χ0v) is 33.0. The third-order valence-corrected chi connectivity index (χ3v) is 27.0. The summed E-state index contributed by atoms with van der Waals surface area (Å²) in [4.78, 5) is 0. The Kier molecular flexibility index (Phi) is 16.3. The van der Waals surface area contributed by atoms with Gasteiger partial charge in [0.25, 0.3) is 0 Å². The number of aliphatic hydroxyl groups excluding tert-OH is 2. The molecule has 2 aromatic carbocycles.